The summed E-state index contributed by atoms with van der Waals surface area (Å²) in [6.07, 6.45) is -1.42. The average Bonchev–Trinajstić information content (AvgIpc) is 3.06. The number of hydrogen-bond donors (Lipinski definition) is 3. The van der Waals surface area contributed by atoms with Crippen molar-refractivity contribution in [3.8, 4) is 45.9 Å². The highest BCUT2D eigenvalue weighted by Crippen LogP contribution is 2.38. The standard InChI is InChI=1S/C36H36N2O8/c1-23-27(7-4-8-30(23)26-9-10-32-35(14-26)44-12-11-43-32)22-45-29-16-33(42-2)31(20-38-19-28(39)15-36(40)41)34(17-29)46-21-25-6-3-5-24(13-25)18-37/h3-10,13-14,16-17,28,38-39H,11-12,15,19-22H2,1-2H3,(H,40,41)/t28-/m0/s1. The number of nitrogens with one attached hydrogen (secondary N) is 1. The molecule has 1 aliphatic heterocycles. The second-order valence-corrected chi connectivity index (χ2v) is 10.8. The number of nitrogens with zero attached hydrogens (tertiary/aromatic N) is 1. The van der Waals surface area contributed by atoms with Crippen LogP contribution in [0.1, 0.15) is 34.2 Å². The molecule has 0 saturated carbocycles. The van der Waals surface area contributed by atoms with Gasteiger partial charge < -0.3 is 39.2 Å². The van der Waals surface area contributed by atoms with E-state index in [2.05, 4.69) is 24.4 Å². The number of nitriles is 1. The van der Waals surface area contributed by atoms with Gasteiger partial charge in [0.25, 0.3) is 0 Å². The summed E-state index contributed by atoms with van der Waals surface area (Å²) in [5.41, 5.74) is 6.16. The Morgan fingerprint density at radius 1 is 0.978 bits per heavy atom. The number of methoxy groups -OCH3 is 1. The van der Waals surface area contributed by atoms with E-state index in [0.717, 1.165) is 39.3 Å². The van der Waals surface area contributed by atoms with Gasteiger partial charge in [-0.3, -0.25) is 4.79 Å². The number of rotatable bonds is 14. The van der Waals surface area contributed by atoms with Crippen molar-refractivity contribution in [2.75, 3.05) is 26.9 Å². The van der Waals surface area contributed by atoms with E-state index in [9.17, 15) is 15.2 Å². The molecule has 46 heavy (non-hydrogen) atoms. The maximum absolute atomic E-state index is 11.0. The molecule has 0 radical (unpaired) electrons. The minimum atomic E-state index is -1.08. The lowest BCUT2D eigenvalue weighted by Gasteiger charge is -2.20. The number of carboxylic acid groups (broad SMARTS) is 1. The van der Waals surface area contributed by atoms with E-state index in [1.807, 2.05) is 36.4 Å². The second kappa shape index (κ2) is 15.2. The fourth-order valence-electron chi connectivity index (χ4n) is 5.22. The first-order valence-corrected chi connectivity index (χ1v) is 14.9. The van der Waals surface area contributed by atoms with Crippen molar-refractivity contribution >= 4 is 5.97 Å². The van der Waals surface area contributed by atoms with E-state index < -0.39 is 12.1 Å². The van der Waals surface area contributed by atoms with Crippen LogP contribution < -0.4 is 29.0 Å². The molecule has 4 aromatic rings. The lowest BCUT2D eigenvalue weighted by Crippen LogP contribution is -2.28. The van der Waals surface area contributed by atoms with E-state index in [4.69, 9.17) is 28.8 Å². The molecular weight excluding hydrogens is 588 g/mol. The topological polar surface area (TPSA) is 140 Å². The molecule has 3 N–H and O–H groups in total. The summed E-state index contributed by atoms with van der Waals surface area (Å²) in [7, 11) is 1.54. The zero-order valence-corrected chi connectivity index (χ0v) is 25.7. The first kappa shape index (κ1) is 32.2. The van der Waals surface area contributed by atoms with Crippen LogP contribution >= 0.6 is 0 Å². The maximum Gasteiger partial charge on any atom is 0.306 e. The fourth-order valence-corrected chi connectivity index (χ4v) is 5.22. The van der Waals surface area contributed by atoms with Crippen molar-refractivity contribution < 1.29 is 38.7 Å². The van der Waals surface area contributed by atoms with Crippen molar-refractivity contribution in [2.45, 2.75) is 39.2 Å². The van der Waals surface area contributed by atoms with Gasteiger partial charge in [0, 0.05) is 25.2 Å². The zero-order valence-electron chi connectivity index (χ0n) is 25.7. The van der Waals surface area contributed by atoms with Crippen molar-refractivity contribution in [3.05, 3.63) is 101 Å². The van der Waals surface area contributed by atoms with Crippen LogP contribution in [0, 0.1) is 18.3 Å². The van der Waals surface area contributed by atoms with Gasteiger partial charge in [0.1, 0.15) is 43.7 Å². The van der Waals surface area contributed by atoms with E-state index in [0.29, 0.717) is 41.6 Å². The third-order valence-electron chi connectivity index (χ3n) is 7.60. The van der Waals surface area contributed by atoms with Gasteiger partial charge in [-0.05, 0) is 59.0 Å². The minimum absolute atomic E-state index is 0.0658. The molecular formula is C36H36N2O8. The first-order chi connectivity index (χ1) is 22.3. The Labute approximate surface area is 267 Å². The summed E-state index contributed by atoms with van der Waals surface area (Å²) in [5.74, 6) is 1.90. The Morgan fingerprint density at radius 3 is 2.54 bits per heavy atom. The highest BCUT2D eigenvalue weighted by molar-refractivity contribution is 5.71. The molecule has 4 aromatic carbocycles. The molecule has 0 bridgehead atoms. The van der Waals surface area contributed by atoms with Gasteiger partial charge in [-0.15, -0.1) is 0 Å². The second-order valence-electron chi connectivity index (χ2n) is 10.8. The lowest BCUT2D eigenvalue weighted by molar-refractivity contribution is -0.139. The Bertz CT molecular complexity index is 1730. The largest absolute Gasteiger partial charge is 0.496 e. The van der Waals surface area contributed by atoms with E-state index >= 15 is 0 Å². The molecule has 0 unspecified atom stereocenters. The number of ether oxygens (including phenoxy) is 5. The maximum atomic E-state index is 11.0. The fraction of sp³-hybridized carbons (Fsp3) is 0.278. The van der Waals surface area contributed by atoms with Crippen LogP contribution in [0.5, 0.6) is 28.7 Å². The van der Waals surface area contributed by atoms with Crippen LogP contribution in [0.4, 0.5) is 0 Å². The van der Waals surface area contributed by atoms with Crippen molar-refractivity contribution in [1.82, 2.24) is 5.32 Å². The number of hydrogen-bond acceptors (Lipinski definition) is 9. The predicted molar refractivity (Wildman–Crippen MR) is 170 cm³/mol. The molecule has 1 atom stereocenters. The molecule has 10 heteroatoms. The van der Waals surface area contributed by atoms with E-state index in [1.165, 1.54) is 0 Å². The summed E-state index contributed by atoms with van der Waals surface area (Å²) >= 11 is 0. The lowest BCUT2D eigenvalue weighted by atomic mass is 9.96. The first-order valence-electron chi connectivity index (χ1n) is 14.9. The Hall–Kier alpha value is -5.24. The Kier molecular flexibility index (Phi) is 10.6. The minimum Gasteiger partial charge on any atom is -0.496 e. The van der Waals surface area contributed by atoms with E-state index in [1.54, 1.807) is 37.4 Å². The SMILES string of the molecule is COc1cc(OCc2cccc(-c3ccc4c(c3)OCCO4)c2C)cc(OCc2cccc(C#N)c2)c1CNC[C@@H](O)CC(=O)O. The number of carboxylic acids is 1. The van der Waals surface area contributed by atoms with Crippen LogP contribution in [0.15, 0.2) is 72.8 Å². The Morgan fingerprint density at radius 2 is 1.76 bits per heavy atom. The van der Waals surface area contributed by atoms with Crippen molar-refractivity contribution in [2.24, 2.45) is 0 Å². The van der Waals surface area contributed by atoms with Crippen LogP contribution in [0.25, 0.3) is 11.1 Å². The van der Waals surface area contributed by atoms with Gasteiger partial charge >= 0.3 is 5.97 Å². The smallest absolute Gasteiger partial charge is 0.306 e. The molecule has 0 amide bonds. The summed E-state index contributed by atoms with van der Waals surface area (Å²) in [6.45, 7) is 3.90. The molecule has 5 rings (SSSR count). The summed E-state index contributed by atoms with van der Waals surface area (Å²) in [6, 6.07) is 24.9. The van der Waals surface area contributed by atoms with Crippen molar-refractivity contribution in [1.29, 1.82) is 5.26 Å². The van der Waals surface area contributed by atoms with Crippen LogP contribution in [-0.4, -0.2) is 49.2 Å². The number of carbonyl (C=O) groups is 1. The van der Waals surface area contributed by atoms with Crippen LogP contribution in [0.2, 0.25) is 0 Å². The monoisotopic (exact) mass is 624 g/mol. The quantitative estimate of drug-likeness (QED) is 0.167. The normalized spacial score (nSPS) is 12.6. The molecule has 238 valence electrons. The number of aliphatic carboxylic acids is 1. The highest BCUT2D eigenvalue weighted by Gasteiger charge is 2.18. The molecule has 0 aromatic heterocycles. The predicted octanol–water partition coefficient (Wildman–Crippen LogP) is 5.40. The third-order valence-corrected chi connectivity index (χ3v) is 7.60. The van der Waals surface area contributed by atoms with Crippen LogP contribution in [0.3, 0.4) is 0 Å². The van der Waals surface area contributed by atoms with Gasteiger partial charge in [-0.1, -0.05) is 36.4 Å². The van der Waals surface area contributed by atoms with Gasteiger partial charge in [0.2, 0.25) is 0 Å². The average molecular weight is 625 g/mol. The van der Waals surface area contributed by atoms with Gasteiger partial charge in [-0.2, -0.15) is 5.26 Å². The molecule has 1 heterocycles. The van der Waals surface area contributed by atoms with Gasteiger partial charge in [0.15, 0.2) is 11.5 Å². The third kappa shape index (κ3) is 8.07. The molecule has 1 aliphatic rings. The van der Waals surface area contributed by atoms with Gasteiger partial charge in [-0.25, -0.2) is 0 Å². The van der Waals surface area contributed by atoms with Gasteiger partial charge in [0.05, 0.1) is 36.8 Å². The number of fused-ring (bicyclic) bond motifs is 1. The molecule has 0 saturated heterocycles. The summed E-state index contributed by atoms with van der Waals surface area (Å²) in [4.78, 5) is 11.0. The number of benzene rings is 4. The molecule has 10 nitrogen and oxygen atoms in total. The zero-order chi connectivity index (χ0) is 32.5. The number of aliphatic hydroxyl groups excluding tert-OH is 1. The molecule has 0 spiro atoms. The molecule has 0 aliphatic carbocycles. The van der Waals surface area contributed by atoms with Crippen molar-refractivity contribution in [3.63, 3.8) is 0 Å². The summed E-state index contributed by atoms with van der Waals surface area (Å²) in [5, 5.41) is 31.4. The highest BCUT2D eigenvalue weighted by atomic mass is 16.6. The molecule has 0 fully saturated rings. The Balaban J connectivity index is 1.37. The van der Waals surface area contributed by atoms with Crippen LogP contribution in [-0.2, 0) is 24.6 Å². The number of aliphatic hydroxyl groups is 1. The summed E-state index contributed by atoms with van der Waals surface area (Å²) < 4.78 is 29.7. The van der Waals surface area contributed by atoms with E-state index in [-0.39, 0.29) is 32.7 Å².